The predicted molar refractivity (Wildman–Crippen MR) is 80.4 cm³/mol. The Balaban J connectivity index is 2.29. The van der Waals surface area contributed by atoms with Crippen molar-refractivity contribution < 1.29 is 4.74 Å². The molecule has 0 radical (unpaired) electrons. The third-order valence-electron chi connectivity index (χ3n) is 3.17. The molecule has 0 unspecified atom stereocenters. The standard InChI is InChI=1S/C16H14ClNO/c1-11(2)19-10-18-15-6-4-3-5-13(15)14-9-12(17)7-8-16(14)18/h3-9H,1,10H2,2H3. The minimum atomic E-state index is 0.459. The van der Waals surface area contributed by atoms with Gasteiger partial charge in [0.05, 0.1) is 16.8 Å². The number of ether oxygens (including phenoxy) is 1. The number of hydrogen-bond donors (Lipinski definition) is 0. The van der Waals surface area contributed by atoms with Crippen molar-refractivity contribution in [2.24, 2.45) is 0 Å². The van der Waals surface area contributed by atoms with E-state index in [4.69, 9.17) is 16.3 Å². The number of halogens is 1. The van der Waals surface area contributed by atoms with Crippen LogP contribution in [-0.4, -0.2) is 4.57 Å². The van der Waals surface area contributed by atoms with Gasteiger partial charge < -0.3 is 9.30 Å². The van der Waals surface area contributed by atoms with Crippen molar-refractivity contribution in [2.75, 3.05) is 0 Å². The normalized spacial score (nSPS) is 11.1. The molecular weight excluding hydrogens is 258 g/mol. The number of nitrogens with zero attached hydrogens (tertiary/aromatic N) is 1. The Bertz CT molecular complexity index is 773. The van der Waals surface area contributed by atoms with Gasteiger partial charge in [0.15, 0.2) is 6.73 Å². The van der Waals surface area contributed by atoms with Crippen LogP contribution < -0.4 is 0 Å². The van der Waals surface area contributed by atoms with E-state index in [1.54, 1.807) is 0 Å². The summed E-state index contributed by atoms with van der Waals surface area (Å²) in [5, 5.41) is 3.08. The first-order valence-electron chi connectivity index (χ1n) is 6.11. The highest BCUT2D eigenvalue weighted by Gasteiger charge is 2.10. The number of para-hydroxylation sites is 1. The highest BCUT2D eigenvalue weighted by Crippen LogP contribution is 2.31. The van der Waals surface area contributed by atoms with Gasteiger partial charge >= 0.3 is 0 Å². The first kappa shape index (κ1) is 12.1. The maximum Gasteiger partial charge on any atom is 0.165 e. The Morgan fingerprint density at radius 2 is 1.89 bits per heavy atom. The third-order valence-corrected chi connectivity index (χ3v) is 3.41. The quantitative estimate of drug-likeness (QED) is 0.615. The molecule has 0 aliphatic rings. The molecule has 2 aromatic carbocycles. The van der Waals surface area contributed by atoms with Gasteiger partial charge in [-0.3, -0.25) is 0 Å². The van der Waals surface area contributed by atoms with Gasteiger partial charge in [0.1, 0.15) is 0 Å². The smallest absolute Gasteiger partial charge is 0.165 e. The van der Waals surface area contributed by atoms with Crippen LogP contribution in [0.5, 0.6) is 0 Å². The van der Waals surface area contributed by atoms with Gasteiger partial charge in [-0.15, -0.1) is 0 Å². The topological polar surface area (TPSA) is 14.2 Å². The summed E-state index contributed by atoms with van der Waals surface area (Å²) in [7, 11) is 0. The van der Waals surface area contributed by atoms with Gasteiger partial charge in [0.2, 0.25) is 0 Å². The van der Waals surface area contributed by atoms with E-state index in [-0.39, 0.29) is 0 Å². The minimum absolute atomic E-state index is 0.459. The average Bonchev–Trinajstić information content (AvgIpc) is 2.70. The molecule has 0 saturated carbocycles. The first-order valence-corrected chi connectivity index (χ1v) is 6.49. The summed E-state index contributed by atoms with van der Waals surface area (Å²) in [6.45, 7) is 6.08. The fourth-order valence-electron chi connectivity index (χ4n) is 2.34. The van der Waals surface area contributed by atoms with Gasteiger partial charge in [-0.25, -0.2) is 0 Å². The van der Waals surface area contributed by atoms with Crippen LogP contribution in [-0.2, 0) is 11.5 Å². The molecule has 3 aromatic rings. The molecule has 3 rings (SSSR count). The summed E-state index contributed by atoms with van der Waals surface area (Å²) in [5.41, 5.74) is 2.26. The molecule has 0 aliphatic heterocycles. The molecule has 3 heteroatoms. The Hall–Kier alpha value is -1.93. The maximum atomic E-state index is 6.10. The SMILES string of the molecule is C=C(C)OCn1c2ccccc2c2cc(Cl)ccc21. The molecule has 0 N–H and O–H groups in total. The highest BCUT2D eigenvalue weighted by molar-refractivity contribution is 6.31. The fraction of sp³-hybridized carbons (Fsp3) is 0.125. The van der Waals surface area contributed by atoms with Crippen LogP contribution in [0.25, 0.3) is 21.8 Å². The van der Waals surface area contributed by atoms with Gasteiger partial charge in [-0.1, -0.05) is 36.4 Å². The zero-order valence-electron chi connectivity index (χ0n) is 10.7. The second-order valence-electron chi connectivity index (χ2n) is 4.58. The molecule has 0 bridgehead atoms. The minimum Gasteiger partial charge on any atom is -0.478 e. The van der Waals surface area contributed by atoms with E-state index < -0.39 is 0 Å². The van der Waals surface area contributed by atoms with Crippen LogP contribution in [0.15, 0.2) is 54.8 Å². The second kappa shape index (κ2) is 4.63. The summed E-state index contributed by atoms with van der Waals surface area (Å²) in [6, 6.07) is 14.2. The lowest BCUT2D eigenvalue weighted by Gasteiger charge is -2.09. The van der Waals surface area contributed by atoms with Crippen LogP contribution in [0.2, 0.25) is 5.02 Å². The van der Waals surface area contributed by atoms with Gasteiger partial charge in [0.25, 0.3) is 0 Å². The van der Waals surface area contributed by atoms with E-state index in [1.807, 2.05) is 37.3 Å². The molecule has 0 spiro atoms. The van der Waals surface area contributed by atoms with Gasteiger partial charge in [-0.2, -0.15) is 0 Å². The van der Waals surface area contributed by atoms with E-state index in [9.17, 15) is 0 Å². The fourth-order valence-corrected chi connectivity index (χ4v) is 2.51. The van der Waals surface area contributed by atoms with Crippen LogP contribution in [0.3, 0.4) is 0 Å². The number of allylic oxidation sites excluding steroid dienone is 1. The number of hydrogen-bond acceptors (Lipinski definition) is 1. The number of fused-ring (bicyclic) bond motifs is 3. The van der Waals surface area contributed by atoms with E-state index in [0.717, 1.165) is 21.4 Å². The third kappa shape index (κ3) is 2.08. The molecule has 1 aromatic heterocycles. The Labute approximate surface area is 116 Å². The zero-order chi connectivity index (χ0) is 13.4. The maximum absolute atomic E-state index is 6.10. The van der Waals surface area contributed by atoms with Crippen molar-refractivity contribution in [3.63, 3.8) is 0 Å². The lowest BCUT2D eigenvalue weighted by Crippen LogP contribution is -2.00. The molecule has 19 heavy (non-hydrogen) atoms. The Kier molecular flexibility index (Phi) is 2.96. The van der Waals surface area contributed by atoms with E-state index >= 15 is 0 Å². The summed E-state index contributed by atoms with van der Waals surface area (Å²) in [5.74, 6) is 0.708. The number of aromatic nitrogens is 1. The van der Waals surface area contributed by atoms with Crippen LogP contribution >= 0.6 is 11.6 Å². The number of rotatable bonds is 3. The molecule has 1 heterocycles. The lowest BCUT2D eigenvalue weighted by molar-refractivity contribution is 0.154. The molecule has 0 atom stereocenters. The Morgan fingerprint density at radius 1 is 1.16 bits per heavy atom. The van der Waals surface area contributed by atoms with Crippen LogP contribution in [0, 0.1) is 0 Å². The molecule has 0 saturated heterocycles. The van der Waals surface area contributed by atoms with Crippen molar-refractivity contribution in [3.8, 4) is 0 Å². The van der Waals surface area contributed by atoms with Crippen molar-refractivity contribution in [3.05, 3.63) is 59.8 Å². The lowest BCUT2D eigenvalue weighted by atomic mass is 10.2. The molecule has 0 fully saturated rings. The monoisotopic (exact) mass is 271 g/mol. The molecular formula is C16H14ClNO. The zero-order valence-corrected chi connectivity index (χ0v) is 11.4. The Morgan fingerprint density at radius 3 is 2.68 bits per heavy atom. The largest absolute Gasteiger partial charge is 0.478 e. The average molecular weight is 272 g/mol. The number of benzene rings is 2. The van der Waals surface area contributed by atoms with Crippen molar-refractivity contribution in [1.82, 2.24) is 4.57 Å². The molecule has 96 valence electrons. The van der Waals surface area contributed by atoms with Gasteiger partial charge in [-0.05, 0) is 31.2 Å². The first-order chi connectivity index (χ1) is 9.16. The summed E-state index contributed by atoms with van der Waals surface area (Å²) in [6.07, 6.45) is 0. The van der Waals surface area contributed by atoms with Crippen LogP contribution in [0.1, 0.15) is 6.92 Å². The van der Waals surface area contributed by atoms with Crippen molar-refractivity contribution >= 4 is 33.4 Å². The summed E-state index contributed by atoms with van der Waals surface area (Å²) < 4.78 is 7.70. The molecule has 2 nitrogen and oxygen atoms in total. The molecule has 0 aliphatic carbocycles. The van der Waals surface area contributed by atoms with E-state index in [2.05, 4.69) is 23.3 Å². The van der Waals surface area contributed by atoms with E-state index in [1.165, 1.54) is 5.39 Å². The highest BCUT2D eigenvalue weighted by atomic mass is 35.5. The molecule has 0 amide bonds. The van der Waals surface area contributed by atoms with Gasteiger partial charge in [0, 0.05) is 15.8 Å². The van der Waals surface area contributed by atoms with E-state index in [0.29, 0.717) is 12.5 Å². The van der Waals surface area contributed by atoms with Crippen molar-refractivity contribution in [2.45, 2.75) is 13.7 Å². The van der Waals surface area contributed by atoms with Crippen LogP contribution in [0.4, 0.5) is 0 Å². The summed E-state index contributed by atoms with van der Waals surface area (Å²) in [4.78, 5) is 0. The summed E-state index contributed by atoms with van der Waals surface area (Å²) >= 11 is 6.10. The second-order valence-corrected chi connectivity index (χ2v) is 5.02. The predicted octanol–water partition coefficient (Wildman–Crippen LogP) is 4.96. The van der Waals surface area contributed by atoms with Crippen molar-refractivity contribution in [1.29, 1.82) is 0 Å².